The van der Waals surface area contributed by atoms with Gasteiger partial charge in [-0.25, -0.2) is 4.98 Å². The molecule has 106 valence electrons. The minimum absolute atomic E-state index is 0.508. The van der Waals surface area contributed by atoms with Crippen molar-refractivity contribution in [1.29, 1.82) is 0 Å². The van der Waals surface area contributed by atoms with Gasteiger partial charge in [-0.05, 0) is 26.7 Å². The van der Waals surface area contributed by atoms with Gasteiger partial charge in [-0.2, -0.15) is 0 Å². The molecule has 0 aliphatic carbocycles. The van der Waals surface area contributed by atoms with Crippen LogP contribution in [-0.2, 0) is 4.74 Å². The number of ether oxygens (including phenoxy) is 1. The molecule has 0 radical (unpaired) electrons. The Morgan fingerprint density at radius 2 is 2.11 bits per heavy atom. The van der Waals surface area contributed by atoms with Crippen LogP contribution in [0.3, 0.4) is 0 Å². The molecule has 0 bridgehead atoms. The number of anilines is 1. The van der Waals surface area contributed by atoms with Crippen molar-refractivity contribution in [3.63, 3.8) is 0 Å². The smallest absolute Gasteiger partial charge is 0.147 e. The normalized spacial score (nSPS) is 17.6. The van der Waals surface area contributed by atoms with Crippen LogP contribution in [-0.4, -0.2) is 54.3 Å². The lowest BCUT2D eigenvalue weighted by Gasteiger charge is -2.32. The minimum atomic E-state index is 0.508. The lowest BCUT2D eigenvalue weighted by molar-refractivity contribution is 0.132. The molecule has 1 aromatic heterocycles. The highest BCUT2D eigenvalue weighted by molar-refractivity contribution is 5.40. The number of methoxy groups -OCH3 is 1. The average molecular weight is 264 g/mol. The Morgan fingerprint density at radius 3 is 2.79 bits per heavy atom. The molecule has 1 fully saturated rings. The van der Waals surface area contributed by atoms with E-state index >= 15 is 0 Å². The molecule has 1 saturated heterocycles. The van der Waals surface area contributed by atoms with Crippen LogP contribution in [0.25, 0.3) is 0 Å². The topological polar surface area (TPSA) is 50.3 Å². The van der Waals surface area contributed by atoms with Crippen molar-refractivity contribution in [2.24, 2.45) is 0 Å². The zero-order valence-corrected chi connectivity index (χ0v) is 12.1. The molecule has 1 N–H and O–H groups in total. The van der Waals surface area contributed by atoms with E-state index < -0.39 is 0 Å². The van der Waals surface area contributed by atoms with E-state index in [1.807, 2.05) is 20.0 Å². The lowest BCUT2D eigenvalue weighted by atomic mass is 10.1. The minimum Gasteiger partial charge on any atom is -0.383 e. The van der Waals surface area contributed by atoms with Gasteiger partial charge in [0.1, 0.15) is 5.82 Å². The SMILES string of the molecule is COCCN1CCC(Nc2nc(C)cnc2C)CC1. The summed E-state index contributed by atoms with van der Waals surface area (Å²) in [6.07, 6.45) is 4.12. The van der Waals surface area contributed by atoms with Crippen LogP contribution < -0.4 is 5.32 Å². The maximum Gasteiger partial charge on any atom is 0.147 e. The van der Waals surface area contributed by atoms with Gasteiger partial charge in [-0.15, -0.1) is 0 Å². The van der Waals surface area contributed by atoms with Gasteiger partial charge in [0.25, 0.3) is 0 Å². The molecule has 2 rings (SSSR count). The first-order valence-corrected chi connectivity index (χ1v) is 6.97. The molecule has 19 heavy (non-hydrogen) atoms. The second kappa shape index (κ2) is 6.82. The van der Waals surface area contributed by atoms with Crippen molar-refractivity contribution in [2.45, 2.75) is 32.7 Å². The number of hydrogen-bond donors (Lipinski definition) is 1. The van der Waals surface area contributed by atoms with Crippen LogP contribution in [0.1, 0.15) is 24.2 Å². The van der Waals surface area contributed by atoms with Crippen molar-refractivity contribution in [1.82, 2.24) is 14.9 Å². The largest absolute Gasteiger partial charge is 0.383 e. The van der Waals surface area contributed by atoms with E-state index in [1.54, 1.807) is 7.11 Å². The number of rotatable bonds is 5. The highest BCUT2D eigenvalue weighted by Gasteiger charge is 2.19. The van der Waals surface area contributed by atoms with E-state index in [2.05, 4.69) is 20.2 Å². The monoisotopic (exact) mass is 264 g/mol. The number of aromatic nitrogens is 2. The molecule has 2 heterocycles. The van der Waals surface area contributed by atoms with Gasteiger partial charge in [-0.1, -0.05) is 0 Å². The Balaban J connectivity index is 1.83. The van der Waals surface area contributed by atoms with Gasteiger partial charge in [-0.3, -0.25) is 4.98 Å². The van der Waals surface area contributed by atoms with Crippen LogP contribution in [0.4, 0.5) is 5.82 Å². The molecule has 1 aliphatic heterocycles. The number of aryl methyl sites for hydroxylation is 2. The Bertz CT molecular complexity index is 402. The number of nitrogens with zero attached hydrogens (tertiary/aromatic N) is 3. The van der Waals surface area contributed by atoms with Crippen LogP contribution in [0.5, 0.6) is 0 Å². The Hall–Kier alpha value is -1.20. The van der Waals surface area contributed by atoms with Gasteiger partial charge >= 0.3 is 0 Å². The number of hydrogen-bond acceptors (Lipinski definition) is 5. The zero-order chi connectivity index (χ0) is 13.7. The van der Waals surface area contributed by atoms with Crippen molar-refractivity contribution in [2.75, 3.05) is 38.7 Å². The molecule has 0 aromatic carbocycles. The first kappa shape index (κ1) is 14.2. The van der Waals surface area contributed by atoms with E-state index in [-0.39, 0.29) is 0 Å². The summed E-state index contributed by atoms with van der Waals surface area (Å²) >= 11 is 0. The van der Waals surface area contributed by atoms with E-state index in [9.17, 15) is 0 Å². The first-order chi connectivity index (χ1) is 9.19. The summed E-state index contributed by atoms with van der Waals surface area (Å²) in [5.74, 6) is 0.940. The molecular formula is C14H24N4O. The van der Waals surface area contributed by atoms with Crippen molar-refractivity contribution in [3.8, 4) is 0 Å². The molecule has 0 amide bonds. The Labute approximate surface area is 115 Å². The molecule has 0 spiro atoms. The first-order valence-electron chi connectivity index (χ1n) is 6.97. The zero-order valence-electron chi connectivity index (χ0n) is 12.1. The van der Waals surface area contributed by atoms with E-state index in [4.69, 9.17) is 4.74 Å². The molecule has 5 nitrogen and oxygen atoms in total. The third-order valence-electron chi connectivity index (χ3n) is 3.62. The lowest BCUT2D eigenvalue weighted by Crippen LogP contribution is -2.40. The van der Waals surface area contributed by atoms with Gasteiger partial charge in [0.05, 0.1) is 18.0 Å². The van der Waals surface area contributed by atoms with E-state index in [0.717, 1.165) is 56.3 Å². The van der Waals surface area contributed by atoms with Crippen LogP contribution in [0.15, 0.2) is 6.20 Å². The highest BCUT2D eigenvalue weighted by Crippen LogP contribution is 2.17. The summed E-state index contributed by atoms with van der Waals surface area (Å²) < 4.78 is 5.12. The number of nitrogens with one attached hydrogen (secondary N) is 1. The van der Waals surface area contributed by atoms with Crippen molar-refractivity contribution < 1.29 is 4.74 Å². The molecule has 0 saturated carbocycles. The van der Waals surface area contributed by atoms with Crippen LogP contribution in [0, 0.1) is 13.8 Å². The summed E-state index contributed by atoms with van der Waals surface area (Å²) in [6.45, 7) is 8.08. The molecular weight excluding hydrogens is 240 g/mol. The predicted octanol–water partition coefficient (Wildman–Crippen LogP) is 1.62. The van der Waals surface area contributed by atoms with Crippen LogP contribution in [0.2, 0.25) is 0 Å². The summed E-state index contributed by atoms with van der Waals surface area (Å²) in [4.78, 5) is 11.3. The Morgan fingerprint density at radius 1 is 1.37 bits per heavy atom. The third kappa shape index (κ3) is 4.14. The molecule has 0 atom stereocenters. The summed E-state index contributed by atoms with van der Waals surface area (Å²) in [5.41, 5.74) is 1.94. The summed E-state index contributed by atoms with van der Waals surface area (Å²) in [7, 11) is 1.76. The number of piperidine rings is 1. The number of likely N-dealkylation sites (tertiary alicyclic amines) is 1. The summed E-state index contributed by atoms with van der Waals surface area (Å²) in [5, 5.41) is 3.54. The van der Waals surface area contributed by atoms with Crippen LogP contribution >= 0.6 is 0 Å². The average Bonchev–Trinajstić information content (AvgIpc) is 2.42. The maximum atomic E-state index is 5.12. The standard InChI is InChI=1S/C14H24N4O/c1-11-10-15-12(2)14(16-11)17-13-4-6-18(7-5-13)8-9-19-3/h10,13H,4-9H2,1-3H3,(H,16,17). The fraction of sp³-hybridized carbons (Fsp3) is 0.714. The third-order valence-corrected chi connectivity index (χ3v) is 3.62. The van der Waals surface area contributed by atoms with Gasteiger partial charge in [0.2, 0.25) is 0 Å². The van der Waals surface area contributed by atoms with E-state index in [1.165, 1.54) is 0 Å². The molecule has 0 unspecified atom stereocenters. The second-order valence-corrected chi connectivity index (χ2v) is 5.20. The maximum absolute atomic E-state index is 5.12. The Kier molecular flexibility index (Phi) is 5.10. The quantitative estimate of drug-likeness (QED) is 0.875. The van der Waals surface area contributed by atoms with Crippen molar-refractivity contribution >= 4 is 5.82 Å². The van der Waals surface area contributed by atoms with Gasteiger partial charge < -0.3 is 15.0 Å². The fourth-order valence-electron chi connectivity index (χ4n) is 2.39. The summed E-state index contributed by atoms with van der Waals surface area (Å²) in [6, 6.07) is 0.508. The second-order valence-electron chi connectivity index (χ2n) is 5.20. The molecule has 5 heteroatoms. The molecule has 1 aromatic rings. The highest BCUT2D eigenvalue weighted by atomic mass is 16.5. The molecule has 1 aliphatic rings. The van der Waals surface area contributed by atoms with Crippen molar-refractivity contribution in [3.05, 3.63) is 17.6 Å². The predicted molar refractivity (Wildman–Crippen MR) is 76.5 cm³/mol. The van der Waals surface area contributed by atoms with E-state index in [0.29, 0.717) is 6.04 Å². The van der Waals surface area contributed by atoms with Gasteiger partial charge in [0.15, 0.2) is 0 Å². The fourth-order valence-corrected chi connectivity index (χ4v) is 2.39. The van der Waals surface area contributed by atoms with Gasteiger partial charge in [0, 0.05) is 39.0 Å².